The summed E-state index contributed by atoms with van der Waals surface area (Å²) in [5, 5.41) is 7.07. The predicted molar refractivity (Wildman–Crippen MR) is 150 cm³/mol. The van der Waals surface area contributed by atoms with Crippen LogP contribution >= 0.6 is 0 Å². The summed E-state index contributed by atoms with van der Waals surface area (Å²) >= 11 is 0. The SMILES string of the molecule is CCOC(=O)C1CN(C(=O)c2cccc(-c3ccccc3)c2)CC1NC(=O)c1cc(-c2cnn(C)c2)cnc1N. The number of aryl methyl sites for hydroxylation is 1. The summed E-state index contributed by atoms with van der Waals surface area (Å²) in [5.41, 5.74) is 10.1. The van der Waals surface area contributed by atoms with Crippen LogP contribution in [0.4, 0.5) is 5.82 Å². The van der Waals surface area contributed by atoms with Gasteiger partial charge in [0.15, 0.2) is 0 Å². The molecule has 2 aromatic carbocycles. The van der Waals surface area contributed by atoms with E-state index in [1.54, 1.807) is 54.3 Å². The van der Waals surface area contributed by atoms with E-state index in [1.165, 1.54) is 0 Å². The highest BCUT2D eigenvalue weighted by molar-refractivity contribution is 6.00. The van der Waals surface area contributed by atoms with Crippen molar-refractivity contribution >= 4 is 23.6 Å². The average Bonchev–Trinajstić information content (AvgIpc) is 3.60. The predicted octanol–water partition coefficient (Wildman–Crippen LogP) is 3.17. The third-order valence-corrected chi connectivity index (χ3v) is 6.93. The van der Waals surface area contributed by atoms with E-state index in [0.717, 1.165) is 16.7 Å². The van der Waals surface area contributed by atoms with Crippen molar-refractivity contribution in [1.29, 1.82) is 0 Å². The van der Waals surface area contributed by atoms with E-state index in [4.69, 9.17) is 10.5 Å². The van der Waals surface area contributed by atoms with E-state index in [-0.39, 0.29) is 37.0 Å². The standard InChI is InChI=1S/C30H30N6O4/c1-3-40-30(39)25-17-36(29(38)21-11-7-10-20(12-21)19-8-5-4-6-9-19)18-26(25)34-28(37)24-13-22(14-32-27(24)31)23-15-33-35(2)16-23/h4-16,25-26H,3,17-18H2,1-2H3,(H2,31,32)(H,34,37). The maximum absolute atomic E-state index is 13.5. The smallest absolute Gasteiger partial charge is 0.312 e. The molecule has 0 saturated carbocycles. The van der Waals surface area contributed by atoms with E-state index < -0.39 is 23.8 Å². The highest BCUT2D eigenvalue weighted by Gasteiger charge is 2.42. The van der Waals surface area contributed by atoms with Crippen molar-refractivity contribution in [2.75, 3.05) is 25.4 Å². The fourth-order valence-corrected chi connectivity index (χ4v) is 4.88. The van der Waals surface area contributed by atoms with Crippen LogP contribution in [-0.2, 0) is 16.6 Å². The molecule has 0 spiro atoms. The summed E-state index contributed by atoms with van der Waals surface area (Å²) in [6.07, 6.45) is 5.04. The maximum atomic E-state index is 13.5. The number of rotatable bonds is 7. The van der Waals surface area contributed by atoms with E-state index in [1.807, 2.05) is 48.5 Å². The fraction of sp³-hybridized carbons (Fsp3) is 0.233. The lowest BCUT2D eigenvalue weighted by molar-refractivity contribution is -0.147. The Kier molecular flexibility index (Phi) is 7.59. The molecular weight excluding hydrogens is 508 g/mol. The molecule has 40 heavy (non-hydrogen) atoms. The largest absolute Gasteiger partial charge is 0.466 e. The number of benzene rings is 2. The summed E-state index contributed by atoms with van der Waals surface area (Å²) < 4.78 is 6.93. The highest BCUT2D eigenvalue weighted by Crippen LogP contribution is 2.26. The van der Waals surface area contributed by atoms with E-state index in [9.17, 15) is 14.4 Å². The molecule has 2 amide bonds. The lowest BCUT2D eigenvalue weighted by atomic mass is 10.0. The maximum Gasteiger partial charge on any atom is 0.312 e. The normalized spacial score (nSPS) is 16.5. The molecule has 4 aromatic rings. The van der Waals surface area contributed by atoms with Crippen molar-refractivity contribution in [3.05, 3.63) is 90.4 Å². The lowest BCUT2D eigenvalue weighted by Gasteiger charge is -2.19. The zero-order valence-electron chi connectivity index (χ0n) is 22.3. The molecule has 2 atom stereocenters. The number of likely N-dealkylation sites (tertiary alicyclic amines) is 1. The zero-order chi connectivity index (χ0) is 28.2. The Labute approximate surface area is 231 Å². The number of ether oxygens (including phenoxy) is 1. The molecule has 10 heteroatoms. The van der Waals surface area contributed by atoms with Gasteiger partial charge in [0.25, 0.3) is 11.8 Å². The molecule has 0 aliphatic carbocycles. The van der Waals surface area contributed by atoms with Crippen LogP contribution in [0, 0.1) is 5.92 Å². The van der Waals surface area contributed by atoms with E-state index in [0.29, 0.717) is 11.1 Å². The van der Waals surface area contributed by atoms with Crippen molar-refractivity contribution in [2.45, 2.75) is 13.0 Å². The van der Waals surface area contributed by atoms with Crippen molar-refractivity contribution in [3.63, 3.8) is 0 Å². The van der Waals surface area contributed by atoms with Crippen LogP contribution in [0.5, 0.6) is 0 Å². The van der Waals surface area contributed by atoms with Gasteiger partial charge in [-0.1, -0.05) is 42.5 Å². The molecule has 0 radical (unpaired) electrons. The Morgan fingerprint density at radius 1 is 0.975 bits per heavy atom. The molecule has 3 N–H and O–H groups in total. The molecule has 3 heterocycles. The van der Waals surface area contributed by atoms with E-state index in [2.05, 4.69) is 15.4 Å². The number of amides is 2. The van der Waals surface area contributed by atoms with Crippen LogP contribution in [0.15, 0.2) is 79.3 Å². The second-order valence-corrected chi connectivity index (χ2v) is 9.65. The minimum atomic E-state index is -0.735. The molecule has 0 bridgehead atoms. The number of hydrogen-bond acceptors (Lipinski definition) is 7. The van der Waals surface area contributed by atoms with Gasteiger partial charge in [0.2, 0.25) is 0 Å². The van der Waals surface area contributed by atoms with Crippen LogP contribution in [0.3, 0.4) is 0 Å². The number of pyridine rings is 1. The molecular formula is C30H30N6O4. The second kappa shape index (κ2) is 11.4. The average molecular weight is 539 g/mol. The van der Waals surface area contributed by atoms with E-state index >= 15 is 0 Å². The quantitative estimate of drug-likeness (QED) is 0.346. The first kappa shape index (κ1) is 26.6. The number of nitrogen functional groups attached to an aromatic ring is 1. The Morgan fingerprint density at radius 2 is 1.75 bits per heavy atom. The zero-order valence-corrected chi connectivity index (χ0v) is 22.3. The van der Waals surface area contributed by atoms with Gasteiger partial charge in [0.1, 0.15) is 5.82 Å². The van der Waals surface area contributed by atoms with Gasteiger partial charge in [-0.05, 0) is 36.2 Å². The van der Waals surface area contributed by atoms with Gasteiger partial charge in [0.05, 0.1) is 30.3 Å². The molecule has 1 fully saturated rings. The Bertz CT molecular complexity index is 1550. The number of aromatic nitrogens is 3. The Hall–Kier alpha value is -4.99. The monoisotopic (exact) mass is 538 g/mol. The van der Waals surface area contributed by atoms with Gasteiger partial charge in [0, 0.05) is 49.2 Å². The summed E-state index contributed by atoms with van der Waals surface area (Å²) in [5.74, 6) is -1.88. The number of nitrogens with one attached hydrogen (secondary N) is 1. The summed E-state index contributed by atoms with van der Waals surface area (Å²) in [6.45, 7) is 2.16. The Morgan fingerprint density at radius 3 is 2.48 bits per heavy atom. The summed E-state index contributed by atoms with van der Waals surface area (Å²) in [4.78, 5) is 45.5. The minimum absolute atomic E-state index is 0.0569. The minimum Gasteiger partial charge on any atom is -0.466 e. The van der Waals surface area contributed by atoms with Crippen molar-refractivity contribution < 1.29 is 19.1 Å². The number of nitrogens with zero attached hydrogens (tertiary/aromatic N) is 4. The third kappa shape index (κ3) is 5.56. The lowest BCUT2D eigenvalue weighted by Crippen LogP contribution is -2.43. The van der Waals surface area contributed by atoms with Crippen LogP contribution in [0.25, 0.3) is 22.3 Å². The fourth-order valence-electron chi connectivity index (χ4n) is 4.88. The van der Waals surface area contributed by atoms with Crippen LogP contribution in [-0.4, -0.2) is 63.2 Å². The van der Waals surface area contributed by atoms with Crippen molar-refractivity contribution in [1.82, 2.24) is 25.0 Å². The molecule has 1 aliphatic rings. The van der Waals surface area contributed by atoms with Crippen LogP contribution in [0.2, 0.25) is 0 Å². The molecule has 2 unspecified atom stereocenters. The van der Waals surface area contributed by atoms with Crippen LogP contribution in [0.1, 0.15) is 27.6 Å². The molecule has 2 aromatic heterocycles. The first-order valence-corrected chi connectivity index (χ1v) is 13.0. The molecule has 1 saturated heterocycles. The van der Waals surface area contributed by atoms with Crippen molar-refractivity contribution in [3.8, 4) is 22.3 Å². The topological polar surface area (TPSA) is 132 Å². The molecule has 5 rings (SSSR count). The molecule has 204 valence electrons. The highest BCUT2D eigenvalue weighted by atomic mass is 16.5. The first-order chi connectivity index (χ1) is 19.3. The molecule has 10 nitrogen and oxygen atoms in total. The van der Waals surface area contributed by atoms with Gasteiger partial charge >= 0.3 is 5.97 Å². The van der Waals surface area contributed by atoms with Gasteiger partial charge in [-0.2, -0.15) is 5.10 Å². The van der Waals surface area contributed by atoms with Gasteiger partial charge < -0.3 is 20.7 Å². The van der Waals surface area contributed by atoms with Gasteiger partial charge in [-0.15, -0.1) is 0 Å². The number of hydrogen-bond donors (Lipinski definition) is 2. The number of anilines is 1. The van der Waals surface area contributed by atoms with Crippen LogP contribution < -0.4 is 11.1 Å². The Balaban J connectivity index is 1.37. The number of carbonyl (C=O) groups excluding carboxylic acids is 3. The summed E-state index contributed by atoms with van der Waals surface area (Å²) in [7, 11) is 1.79. The number of nitrogens with two attached hydrogens (primary N) is 1. The third-order valence-electron chi connectivity index (χ3n) is 6.93. The summed E-state index contributed by atoms with van der Waals surface area (Å²) in [6, 6.07) is 18.1. The van der Waals surface area contributed by atoms with Gasteiger partial charge in [-0.3, -0.25) is 19.1 Å². The van der Waals surface area contributed by atoms with Gasteiger partial charge in [-0.25, -0.2) is 4.98 Å². The first-order valence-electron chi connectivity index (χ1n) is 13.0. The second-order valence-electron chi connectivity index (χ2n) is 9.65. The number of carbonyl (C=O) groups is 3. The van der Waals surface area contributed by atoms with Crippen molar-refractivity contribution in [2.24, 2.45) is 13.0 Å². The molecule has 1 aliphatic heterocycles. The number of esters is 1.